The van der Waals surface area contributed by atoms with Crippen LogP contribution in [0.1, 0.15) is 30.1 Å². The van der Waals surface area contributed by atoms with Crippen LogP contribution in [-0.4, -0.2) is 43.4 Å². The quantitative estimate of drug-likeness (QED) is 0.741. The van der Waals surface area contributed by atoms with Crippen molar-refractivity contribution in [3.63, 3.8) is 0 Å². The molecule has 0 radical (unpaired) electrons. The van der Waals surface area contributed by atoms with Gasteiger partial charge in [0.05, 0.1) is 11.0 Å². The zero-order chi connectivity index (χ0) is 16.2. The van der Waals surface area contributed by atoms with Crippen LogP contribution >= 0.6 is 15.9 Å². The Bertz CT molecular complexity index is 635. The first-order valence-corrected chi connectivity index (χ1v) is 10.1. The van der Waals surface area contributed by atoms with E-state index in [2.05, 4.69) is 15.9 Å². The first kappa shape index (κ1) is 17.4. The lowest BCUT2D eigenvalue weighted by Crippen LogP contribution is -2.33. The van der Waals surface area contributed by atoms with Crippen molar-refractivity contribution < 1.29 is 17.6 Å². The van der Waals surface area contributed by atoms with E-state index in [0.29, 0.717) is 13.0 Å². The number of amides is 1. The van der Waals surface area contributed by atoms with Crippen molar-refractivity contribution in [2.24, 2.45) is 0 Å². The van der Waals surface area contributed by atoms with E-state index in [4.69, 9.17) is 0 Å². The topological polar surface area (TPSA) is 54.5 Å². The Balaban J connectivity index is 2.18. The molecule has 1 amide bonds. The Morgan fingerprint density at radius 2 is 2.05 bits per heavy atom. The van der Waals surface area contributed by atoms with E-state index in [1.807, 2.05) is 0 Å². The third-order valence-electron chi connectivity index (χ3n) is 3.87. The average Bonchev–Trinajstić information content (AvgIpc) is 2.64. The lowest BCUT2D eigenvalue weighted by atomic mass is 10.1. The van der Waals surface area contributed by atoms with Gasteiger partial charge in [0.2, 0.25) is 5.91 Å². The molecule has 7 heteroatoms. The number of hydrogen-bond acceptors (Lipinski definition) is 3. The summed E-state index contributed by atoms with van der Waals surface area (Å²) in [6.45, 7) is 0.535. The fraction of sp³-hybridized carbons (Fsp3) is 0.533. The molecule has 0 N–H and O–H groups in total. The zero-order valence-electron chi connectivity index (χ0n) is 12.2. The Morgan fingerprint density at radius 1 is 1.32 bits per heavy atom. The molecular formula is C15H19BrFNO3S. The molecule has 1 aliphatic heterocycles. The molecule has 1 fully saturated rings. The van der Waals surface area contributed by atoms with Crippen LogP contribution in [0.25, 0.3) is 0 Å². The maximum atomic E-state index is 13.9. The number of halogens is 2. The number of benzene rings is 1. The van der Waals surface area contributed by atoms with Crippen LogP contribution < -0.4 is 0 Å². The Morgan fingerprint density at radius 3 is 2.73 bits per heavy atom. The predicted molar refractivity (Wildman–Crippen MR) is 87.2 cm³/mol. The molecule has 22 heavy (non-hydrogen) atoms. The largest absolute Gasteiger partial charge is 0.342 e. The van der Waals surface area contributed by atoms with Crippen molar-refractivity contribution in [2.45, 2.75) is 24.5 Å². The second kappa shape index (κ2) is 7.55. The first-order chi connectivity index (χ1) is 10.5. The van der Waals surface area contributed by atoms with Crippen molar-refractivity contribution in [1.82, 2.24) is 4.90 Å². The normalized spacial score (nSPS) is 21.4. The van der Waals surface area contributed by atoms with Crippen molar-refractivity contribution in [1.29, 1.82) is 0 Å². The minimum atomic E-state index is -3.47. The summed E-state index contributed by atoms with van der Waals surface area (Å²) in [5, 5.41) is -0.134. The third-order valence-corrected chi connectivity index (χ3v) is 6.54. The number of sulfone groups is 1. The monoisotopic (exact) mass is 391 g/mol. The Labute approximate surface area is 138 Å². The summed E-state index contributed by atoms with van der Waals surface area (Å²) >= 11 is 3.28. The highest BCUT2D eigenvalue weighted by Gasteiger charge is 2.33. The van der Waals surface area contributed by atoms with E-state index < -0.39 is 20.9 Å². The molecular weight excluding hydrogens is 373 g/mol. The summed E-state index contributed by atoms with van der Waals surface area (Å²) < 4.78 is 38.8. The average molecular weight is 392 g/mol. The molecule has 1 aliphatic rings. The number of alkyl halides is 1. The molecule has 1 aromatic carbocycles. The van der Waals surface area contributed by atoms with Crippen molar-refractivity contribution in [2.75, 3.05) is 24.2 Å². The van der Waals surface area contributed by atoms with Crippen LogP contribution in [0, 0.1) is 5.82 Å². The van der Waals surface area contributed by atoms with E-state index in [1.165, 1.54) is 18.2 Å². The van der Waals surface area contributed by atoms with Gasteiger partial charge in [0, 0.05) is 30.4 Å². The number of carbonyl (C=O) groups is 1. The standard InChI is InChI=1S/C15H19BrFNO3S/c16-8-3-6-15(19)18-9-7-14(22(20,21)11-10-18)12-4-1-2-5-13(12)17/h1-2,4-5,14H,3,6-11H2. The summed E-state index contributed by atoms with van der Waals surface area (Å²) in [7, 11) is -3.47. The summed E-state index contributed by atoms with van der Waals surface area (Å²) in [6.07, 6.45) is 1.36. The first-order valence-electron chi connectivity index (χ1n) is 7.25. The van der Waals surface area contributed by atoms with Crippen molar-refractivity contribution in [3.05, 3.63) is 35.6 Å². The molecule has 2 rings (SSSR count). The molecule has 1 saturated heterocycles. The molecule has 0 saturated carbocycles. The van der Waals surface area contributed by atoms with E-state index >= 15 is 0 Å². The lowest BCUT2D eigenvalue weighted by Gasteiger charge is -2.19. The van der Waals surface area contributed by atoms with E-state index in [9.17, 15) is 17.6 Å². The van der Waals surface area contributed by atoms with Crippen LogP contribution in [0.15, 0.2) is 24.3 Å². The predicted octanol–water partition coefficient (Wildman–Crippen LogP) is 2.69. The van der Waals surface area contributed by atoms with Gasteiger partial charge in [-0.15, -0.1) is 0 Å². The van der Waals surface area contributed by atoms with Gasteiger partial charge in [0.1, 0.15) is 5.82 Å². The molecule has 1 aromatic rings. The van der Waals surface area contributed by atoms with Gasteiger partial charge >= 0.3 is 0 Å². The number of carbonyl (C=O) groups excluding carboxylic acids is 1. The molecule has 1 heterocycles. The fourth-order valence-electron chi connectivity index (χ4n) is 2.65. The molecule has 0 spiro atoms. The Kier molecular flexibility index (Phi) is 5.97. The van der Waals surface area contributed by atoms with Gasteiger partial charge in [-0.05, 0) is 18.9 Å². The van der Waals surface area contributed by atoms with Gasteiger partial charge < -0.3 is 4.90 Å². The smallest absolute Gasteiger partial charge is 0.222 e. The third kappa shape index (κ3) is 4.07. The highest BCUT2D eigenvalue weighted by molar-refractivity contribution is 9.09. The summed E-state index contributed by atoms with van der Waals surface area (Å²) in [6, 6.07) is 5.96. The van der Waals surface area contributed by atoms with Crippen molar-refractivity contribution >= 4 is 31.7 Å². The summed E-state index contributed by atoms with van der Waals surface area (Å²) in [4.78, 5) is 13.7. The van der Waals surface area contributed by atoms with Gasteiger partial charge in [-0.25, -0.2) is 12.8 Å². The minimum absolute atomic E-state index is 0.0381. The second-order valence-corrected chi connectivity index (χ2v) is 8.44. The van der Waals surface area contributed by atoms with E-state index in [-0.39, 0.29) is 30.2 Å². The SMILES string of the molecule is O=C(CCCBr)N1CCC(c2ccccc2F)S(=O)(=O)CC1. The molecule has 122 valence electrons. The Hall–Kier alpha value is -0.950. The van der Waals surface area contributed by atoms with Gasteiger partial charge in [-0.1, -0.05) is 34.1 Å². The van der Waals surface area contributed by atoms with Crippen LogP contribution in [-0.2, 0) is 14.6 Å². The van der Waals surface area contributed by atoms with Crippen LogP contribution in [0.4, 0.5) is 4.39 Å². The summed E-state index contributed by atoms with van der Waals surface area (Å²) in [5.74, 6) is -0.662. The molecule has 0 aromatic heterocycles. The molecule has 1 atom stereocenters. The van der Waals surface area contributed by atoms with Gasteiger partial charge in [0.25, 0.3) is 0 Å². The van der Waals surface area contributed by atoms with Crippen LogP contribution in [0.3, 0.4) is 0 Å². The highest BCUT2D eigenvalue weighted by Crippen LogP contribution is 2.31. The van der Waals surface area contributed by atoms with E-state index in [1.54, 1.807) is 11.0 Å². The van der Waals surface area contributed by atoms with Crippen LogP contribution in [0.5, 0.6) is 0 Å². The van der Waals surface area contributed by atoms with Gasteiger partial charge in [-0.2, -0.15) is 0 Å². The molecule has 0 bridgehead atoms. The zero-order valence-corrected chi connectivity index (χ0v) is 14.6. The second-order valence-electron chi connectivity index (χ2n) is 5.34. The maximum Gasteiger partial charge on any atom is 0.222 e. The number of rotatable bonds is 4. The van der Waals surface area contributed by atoms with Gasteiger partial charge in [-0.3, -0.25) is 4.79 Å². The van der Waals surface area contributed by atoms with Crippen molar-refractivity contribution in [3.8, 4) is 0 Å². The molecule has 0 aliphatic carbocycles. The number of hydrogen-bond donors (Lipinski definition) is 0. The maximum absolute atomic E-state index is 13.9. The van der Waals surface area contributed by atoms with Crippen LogP contribution in [0.2, 0.25) is 0 Å². The lowest BCUT2D eigenvalue weighted by molar-refractivity contribution is -0.130. The van der Waals surface area contributed by atoms with E-state index in [0.717, 1.165) is 11.8 Å². The molecule has 1 unspecified atom stereocenters. The highest BCUT2D eigenvalue weighted by atomic mass is 79.9. The molecule has 4 nitrogen and oxygen atoms in total. The minimum Gasteiger partial charge on any atom is -0.342 e. The summed E-state index contributed by atoms with van der Waals surface area (Å²) in [5.41, 5.74) is 0.206. The van der Waals surface area contributed by atoms with Gasteiger partial charge in [0.15, 0.2) is 9.84 Å². The fourth-order valence-corrected chi connectivity index (χ4v) is 4.74. The number of nitrogens with zero attached hydrogens (tertiary/aromatic N) is 1.